The maximum absolute atomic E-state index is 5.56. The van der Waals surface area contributed by atoms with Gasteiger partial charge in [0.25, 0.3) is 0 Å². The summed E-state index contributed by atoms with van der Waals surface area (Å²) in [6.45, 7) is 4.32. The molecule has 4 heteroatoms. The lowest BCUT2D eigenvalue weighted by Crippen LogP contribution is -2.19. The highest BCUT2D eigenvalue weighted by Gasteiger charge is 2.20. The van der Waals surface area contributed by atoms with E-state index in [0.29, 0.717) is 12.0 Å². The minimum absolute atomic E-state index is 0.0912. The molecular formula is C17H24N2OS. The molecule has 0 fully saturated rings. The quantitative estimate of drug-likeness (QED) is 0.840. The third kappa shape index (κ3) is 4.13. The molecule has 3 nitrogen and oxygen atoms in total. The lowest BCUT2D eigenvalue weighted by Gasteiger charge is -2.17. The van der Waals surface area contributed by atoms with Crippen LogP contribution in [0.2, 0.25) is 0 Å². The molecule has 114 valence electrons. The standard InChI is InChI=1S/C17H24N2OS/c1-12(2)16(20-4)17-19-14(11-21-17)10-15(18-3)13-8-6-5-7-9-13/h5-9,11-12,15-16,18H,10H2,1-4H3. The molecule has 2 rings (SSSR count). The van der Waals surface area contributed by atoms with Crippen molar-refractivity contribution in [1.29, 1.82) is 0 Å². The van der Waals surface area contributed by atoms with E-state index in [1.807, 2.05) is 13.1 Å². The minimum Gasteiger partial charge on any atom is -0.374 e. The van der Waals surface area contributed by atoms with E-state index >= 15 is 0 Å². The number of rotatable bonds is 7. The fraction of sp³-hybridized carbons (Fsp3) is 0.471. The van der Waals surface area contributed by atoms with Gasteiger partial charge in [-0.05, 0) is 18.5 Å². The van der Waals surface area contributed by atoms with Crippen LogP contribution in [0.3, 0.4) is 0 Å². The van der Waals surface area contributed by atoms with Gasteiger partial charge in [0.1, 0.15) is 11.1 Å². The largest absolute Gasteiger partial charge is 0.374 e. The van der Waals surface area contributed by atoms with Gasteiger partial charge in [0.15, 0.2) is 0 Å². The van der Waals surface area contributed by atoms with E-state index in [1.54, 1.807) is 18.4 Å². The maximum atomic E-state index is 5.56. The van der Waals surface area contributed by atoms with E-state index in [9.17, 15) is 0 Å². The number of ether oxygens (including phenoxy) is 1. The monoisotopic (exact) mass is 304 g/mol. The van der Waals surface area contributed by atoms with E-state index in [0.717, 1.165) is 17.1 Å². The Bertz CT molecular complexity index is 539. The first kappa shape index (κ1) is 16.1. The Hall–Kier alpha value is -1.23. The van der Waals surface area contributed by atoms with Crippen LogP contribution >= 0.6 is 11.3 Å². The summed E-state index contributed by atoms with van der Waals surface area (Å²) in [7, 11) is 3.75. The fourth-order valence-electron chi connectivity index (χ4n) is 2.49. The van der Waals surface area contributed by atoms with Gasteiger partial charge in [-0.3, -0.25) is 0 Å². The molecule has 0 amide bonds. The third-order valence-corrected chi connectivity index (χ3v) is 4.59. The van der Waals surface area contributed by atoms with Crippen molar-refractivity contribution in [3.8, 4) is 0 Å². The van der Waals surface area contributed by atoms with Crippen molar-refractivity contribution in [2.24, 2.45) is 5.92 Å². The molecule has 0 saturated heterocycles. The lowest BCUT2D eigenvalue weighted by atomic mass is 10.0. The number of nitrogens with one attached hydrogen (secondary N) is 1. The molecule has 0 aliphatic carbocycles. The SMILES string of the molecule is CNC(Cc1csc(C(OC)C(C)C)n1)c1ccccc1. The first-order valence-corrected chi connectivity index (χ1v) is 8.23. The number of thiazole rings is 1. The molecule has 0 aliphatic rings. The highest BCUT2D eigenvalue weighted by Crippen LogP contribution is 2.29. The Labute approximate surface area is 131 Å². The molecule has 1 heterocycles. The third-order valence-electron chi connectivity index (χ3n) is 3.64. The van der Waals surface area contributed by atoms with Crippen molar-refractivity contribution in [2.45, 2.75) is 32.4 Å². The Morgan fingerprint density at radius 3 is 2.52 bits per heavy atom. The van der Waals surface area contributed by atoms with Gasteiger partial charge < -0.3 is 10.1 Å². The molecular weight excluding hydrogens is 280 g/mol. The average Bonchev–Trinajstić information content (AvgIpc) is 2.94. The molecule has 0 spiro atoms. The number of benzene rings is 1. The van der Waals surface area contributed by atoms with E-state index < -0.39 is 0 Å². The van der Waals surface area contributed by atoms with Gasteiger partial charge in [-0.2, -0.15) is 0 Å². The first-order chi connectivity index (χ1) is 10.2. The zero-order chi connectivity index (χ0) is 15.2. The minimum atomic E-state index is 0.0912. The van der Waals surface area contributed by atoms with Gasteiger partial charge >= 0.3 is 0 Å². The number of likely N-dealkylation sites (N-methyl/N-ethyl adjacent to an activating group) is 1. The molecule has 0 aliphatic heterocycles. The number of aromatic nitrogens is 1. The van der Waals surface area contributed by atoms with E-state index in [4.69, 9.17) is 9.72 Å². The molecule has 21 heavy (non-hydrogen) atoms. The molecule has 1 aromatic heterocycles. The second-order valence-electron chi connectivity index (χ2n) is 5.53. The second kappa shape index (κ2) is 7.69. The Kier molecular flexibility index (Phi) is 5.91. The fourth-order valence-corrected chi connectivity index (χ4v) is 3.56. The summed E-state index contributed by atoms with van der Waals surface area (Å²) in [5.41, 5.74) is 2.42. The van der Waals surface area contributed by atoms with Crippen molar-refractivity contribution >= 4 is 11.3 Å². The summed E-state index contributed by atoms with van der Waals surface area (Å²) < 4.78 is 5.56. The maximum Gasteiger partial charge on any atom is 0.122 e. The number of hydrogen-bond donors (Lipinski definition) is 1. The molecule has 0 saturated carbocycles. The highest BCUT2D eigenvalue weighted by atomic mass is 32.1. The smallest absolute Gasteiger partial charge is 0.122 e. The van der Waals surface area contributed by atoms with Crippen LogP contribution < -0.4 is 5.32 Å². The van der Waals surface area contributed by atoms with E-state index in [2.05, 4.69) is 48.8 Å². The molecule has 1 aromatic carbocycles. The van der Waals surface area contributed by atoms with Gasteiger partial charge in [0.05, 0.1) is 5.69 Å². The Morgan fingerprint density at radius 1 is 1.24 bits per heavy atom. The van der Waals surface area contributed by atoms with Gasteiger partial charge in [-0.1, -0.05) is 44.2 Å². The lowest BCUT2D eigenvalue weighted by molar-refractivity contribution is 0.0643. The Morgan fingerprint density at radius 2 is 1.95 bits per heavy atom. The van der Waals surface area contributed by atoms with Crippen molar-refractivity contribution in [3.63, 3.8) is 0 Å². The summed E-state index contributed by atoms with van der Waals surface area (Å²) >= 11 is 1.69. The summed E-state index contributed by atoms with van der Waals surface area (Å²) in [6, 6.07) is 10.8. The summed E-state index contributed by atoms with van der Waals surface area (Å²) in [4.78, 5) is 4.77. The summed E-state index contributed by atoms with van der Waals surface area (Å²) in [6.07, 6.45) is 0.986. The molecule has 0 bridgehead atoms. The molecule has 2 unspecified atom stereocenters. The van der Waals surface area contributed by atoms with Crippen LogP contribution in [0.5, 0.6) is 0 Å². The van der Waals surface area contributed by atoms with Crippen molar-refractivity contribution in [1.82, 2.24) is 10.3 Å². The highest BCUT2D eigenvalue weighted by molar-refractivity contribution is 7.09. The van der Waals surface area contributed by atoms with Gasteiger partial charge in [-0.15, -0.1) is 11.3 Å². The number of hydrogen-bond acceptors (Lipinski definition) is 4. The van der Waals surface area contributed by atoms with Crippen LogP contribution in [0, 0.1) is 5.92 Å². The number of nitrogens with zero attached hydrogens (tertiary/aromatic N) is 1. The zero-order valence-electron chi connectivity index (χ0n) is 13.2. The van der Waals surface area contributed by atoms with Crippen molar-refractivity contribution < 1.29 is 4.74 Å². The molecule has 2 atom stereocenters. The normalized spacial score (nSPS) is 14.3. The Balaban J connectivity index is 2.11. The van der Waals surface area contributed by atoms with Gasteiger partial charge in [0, 0.05) is 25.0 Å². The topological polar surface area (TPSA) is 34.1 Å². The molecule has 0 radical (unpaired) electrons. The van der Waals surface area contributed by atoms with Gasteiger partial charge in [-0.25, -0.2) is 4.98 Å². The molecule has 1 N–H and O–H groups in total. The van der Waals surface area contributed by atoms with Crippen LogP contribution in [0.1, 0.15) is 42.3 Å². The number of methoxy groups -OCH3 is 1. The van der Waals surface area contributed by atoms with Crippen molar-refractivity contribution in [2.75, 3.05) is 14.2 Å². The van der Waals surface area contributed by atoms with Crippen molar-refractivity contribution in [3.05, 3.63) is 52.0 Å². The van der Waals surface area contributed by atoms with Gasteiger partial charge in [0.2, 0.25) is 0 Å². The van der Waals surface area contributed by atoms with Crippen LogP contribution in [0.15, 0.2) is 35.7 Å². The van der Waals surface area contributed by atoms with Crippen LogP contribution in [-0.2, 0) is 11.2 Å². The van der Waals surface area contributed by atoms with Crippen LogP contribution in [0.25, 0.3) is 0 Å². The molecule has 2 aromatic rings. The second-order valence-corrected chi connectivity index (χ2v) is 6.42. The van der Waals surface area contributed by atoms with Crippen LogP contribution in [0.4, 0.5) is 0 Å². The van der Waals surface area contributed by atoms with E-state index in [-0.39, 0.29) is 6.10 Å². The summed E-state index contributed by atoms with van der Waals surface area (Å²) in [5.74, 6) is 0.434. The summed E-state index contributed by atoms with van der Waals surface area (Å²) in [5, 5.41) is 6.60. The zero-order valence-corrected chi connectivity index (χ0v) is 14.0. The van der Waals surface area contributed by atoms with Crippen LogP contribution in [-0.4, -0.2) is 19.1 Å². The predicted molar refractivity (Wildman–Crippen MR) is 88.6 cm³/mol. The first-order valence-electron chi connectivity index (χ1n) is 7.35. The predicted octanol–water partition coefficient (Wildman–Crippen LogP) is 3.99. The average molecular weight is 304 g/mol. The van der Waals surface area contributed by atoms with E-state index in [1.165, 1.54) is 5.56 Å².